The SMILES string of the molecule is Cn1cc(C2=C(c3cccc(Cl)c3)C(=O)NC2=O)c2ccccc21. The topological polar surface area (TPSA) is 51.1 Å². The van der Waals surface area contributed by atoms with E-state index in [-0.39, 0.29) is 5.91 Å². The Morgan fingerprint density at radius 1 is 0.958 bits per heavy atom. The smallest absolute Gasteiger partial charge is 0.259 e. The van der Waals surface area contributed by atoms with Crippen LogP contribution in [0.4, 0.5) is 0 Å². The number of rotatable bonds is 2. The van der Waals surface area contributed by atoms with Crippen molar-refractivity contribution in [2.75, 3.05) is 0 Å². The predicted molar refractivity (Wildman–Crippen MR) is 94.3 cm³/mol. The molecule has 118 valence electrons. The highest BCUT2D eigenvalue weighted by Crippen LogP contribution is 2.36. The number of hydrogen-bond acceptors (Lipinski definition) is 2. The third-order valence-corrected chi connectivity index (χ3v) is 4.45. The Hall–Kier alpha value is -2.85. The molecule has 4 rings (SSSR count). The normalized spacial score (nSPS) is 14.6. The van der Waals surface area contributed by atoms with Crippen LogP contribution in [0.5, 0.6) is 0 Å². The van der Waals surface area contributed by atoms with Crippen LogP contribution in [0.3, 0.4) is 0 Å². The van der Waals surface area contributed by atoms with Crippen LogP contribution < -0.4 is 5.32 Å². The van der Waals surface area contributed by atoms with Crippen LogP contribution in [0.25, 0.3) is 22.0 Å². The lowest BCUT2D eigenvalue weighted by Gasteiger charge is -2.04. The molecule has 3 aromatic rings. The van der Waals surface area contributed by atoms with Gasteiger partial charge in [-0.15, -0.1) is 0 Å². The molecule has 0 saturated heterocycles. The zero-order valence-electron chi connectivity index (χ0n) is 12.8. The lowest BCUT2D eigenvalue weighted by atomic mass is 9.96. The number of aryl methyl sites for hydroxylation is 1. The van der Waals surface area contributed by atoms with Crippen molar-refractivity contribution in [3.05, 3.63) is 70.9 Å². The lowest BCUT2D eigenvalue weighted by molar-refractivity contribution is -0.122. The number of imide groups is 1. The van der Waals surface area contributed by atoms with Gasteiger partial charge in [0, 0.05) is 34.7 Å². The van der Waals surface area contributed by atoms with Gasteiger partial charge in [0.25, 0.3) is 11.8 Å². The minimum absolute atomic E-state index is 0.360. The van der Waals surface area contributed by atoms with Crippen LogP contribution in [0.2, 0.25) is 5.02 Å². The second kappa shape index (κ2) is 5.35. The molecule has 1 N–H and O–H groups in total. The van der Waals surface area contributed by atoms with Gasteiger partial charge in [0.05, 0.1) is 11.1 Å². The van der Waals surface area contributed by atoms with Crippen LogP contribution >= 0.6 is 11.6 Å². The van der Waals surface area contributed by atoms with Gasteiger partial charge in [-0.3, -0.25) is 14.9 Å². The summed E-state index contributed by atoms with van der Waals surface area (Å²) >= 11 is 6.06. The second-order valence-corrected chi connectivity index (χ2v) is 6.15. The molecule has 0 spiro atoms. The van der Waals surface area contributed by atoms with Gasteiger partial charge < -0.3 is 4.57 Å². The summed E-state index contributed by atoms with van der Waals surface area (Å²) in [5.41, 5.74) is 3.12. The Bertz CT molecular complexity index is 1050. The third kappa shape index (κ3) is 2.15. The molecule has 4 nitrogen and oxygen atoms in total. The number of amides is 2. The molecule has 2 amide bonds. The van der Waals surface area contributed by atoms with E-state index in [0.717, 1.165) is 16.5 Å². The molecule has 0 bridgehead atoms. The predicted octanol–water partition coefficient (Wildman–Crippen LogP) is 3.40. The van der Waals surface area contributed by atoms with Crippen molar-refractivity contribution in [2.24, 2.45) is 7.05 Å². The van der Waals surface area contributed by atoms with E-state index in [9.17, 15) is 9.59 Å². The van der Waals surface area contributed by atoms with Crippen molar-refractivity contribution in [1.82, 2.24) is 9.88 Å². The second-order valence-electron chi connectivity index (χ2n) is 5.71. The fourth-order valence-electron chi connectivity index (χ4n) is 3.17. The van der Waals surface area contributed by atoms with E-state index in [1.165, 1.54) is 0 Å². The Morgan fingerprint density at radius 3 is 2.50 bits per heavy atom. The number of hydrogen-bond donors (Lipinski definition) is 1. The minimum atomic E-state index is -0.398. The average molecular weight is 337 g/mol. The van der Waals surface area contributed by atoms with E-state index in [4.69, 9.17) is 11.6 Å². The maximum Gasteiger partial charge on any atom is 0.259 e. The summed E-state index contributed by atoms with van der Waals surface area (Å²) in [7, 11) is 1.92. The number of para-hydroxylation sites is 1. The van der Waals surface area contributed by atoms with Crippen molar-refractivity contribution in [3.63, 3.8) is 0 Å². The molecule has 2 aromatic carbocycles. The Balaban J connectivity index is 2.05. The van der Waals surface area contributed by atoms with E-state index in [0.29, 0.717) is 21.7 Å². The fourth-order valence-corrected chi connectivity index (χ4v) is 3.36. The van der Waals surface area contributed by atoms with E-state index in [1.807, 2.05) is 42.1 Å². The Labute approximate surface area is 143 Å². The highest BCUT2D eigenvalue weighted by Gasteiger charge is 2.33. The molecule has 1 aliphatic rings. The lowest BCUT2D eigenvalue weighted by Crippen LogP contribution is -2.22. The van der Waals surface area contributed by atoms with Gasteiger partial charge in [0.2, 0.25) is 0 Å². The van der Waals surface area contributed by atoms with Gasteiger partial charge >= 0.3 is 0 Å². The summed E-state index contributed by atoms with van der Waals surface area (Å²) in [6, 6.07) is 14.8. The molecular formula is C19H13ClN2O2. The first kappa shape index (κ1) is 14.7. The number of carbonyl (C=O) groups excluding carboxylic acids is 2. The molecule has 1 aliphatic heterocycles. The summed E-state index contributed by atoms with van der Waals surface area (Å²) in [5, 5.41) is 3.85. The summed E-state index contributed by atoms with van der Waals surface area (Å²) < 4.78 is 1.95. The molecule has 1 aromatic heterocycles. The first-order valence-corrected chi connectivity index (χ1v) is 7.84. The highest BCUT2D eigenvalue weighted by atomic mass is 35.5. The van der Waals surface area contributed by atoms with Gasteiger partial charge in [-0.05, 0) is 23.8 Å². The van der Waals surface area contributed by atoms with Crippen molar-refractivity contribution in [1.29, 1.82) is 0 Å². The maximum absolute atomic E-state index is 12.5. The van der Waals surface area contributed by atoms with E-state index >= 15 is 0 Å². The summed E-state index contributed by atoms with van der Waals surface area (Å²) in [6.07, 6.45) is 1.88. The van der Waals surface area contributed by atoms with Gasteiger partial charge in [-0.25, -0.2) is 0 Å². The maximum atomic E-state index is 12.5. The zero-order valence-corrected chi connectivity index (χ0v) is 13.6. The molecule has 0 saturated carbocycles. The first-order chi connectivity index (χ1) is 11.6. The number of benzene rings is 2. The van der Waals surface area contributed by atoms with Crippen LogP contribution in [0, 0.1) is 0 Å². The Kier molecular flexibility index (Phi) is 3.28. The molecule has 0 fully saturated rings. The number of nitrogens with one attached hydrogen (secondary N) is 1. The molecule has 0 radical (unpaired) electrons. The van der Waals surface area contributed by atoms with Gasteiger partial charge in [-0.1, -0.05) is 41.9 Å². The molecular weight excluding hydrogens is 324 g/mol. The number of fused-ring (bicyclic) bond motifs is 1. The number of nitrogens with zero attached hydrogens (tertiary/aromatic N) is 1. The van der Waals surface area contributed by atoms with Crippen molar-refractivity contribution in [3.8, 4) is 0 Å². The average Bonchev–Trinajstić information content (AvgIpc) is 3.04. The highest BCUT2D eigenvalue weighted by molar-refractivity contribution is 6.50. The number of halogens is 1. The minimum Gasteiger partial charge on any atom is -0.350 e. The van der Waals surface area contributed by atoms with E-state index in [1.54, 1.807) is 24.3 Å². The zero-order chi connectivity index (χ0) is 16.8. The largest absolute Gasteiger partial charge is 0.350 e. The monoisotopic (exact) mass is 336 g/mol. The Morgan fingerprint density at radius 2 is 1.71 bits per heavy atom. The van der Waals surface area contributed by atoms with Crippen LogP contribution in [0.15, 0.2) is 54.7 Å². The van der Waals surface area contributed by atoms with Gasteiger partial charge in [-0.2, -0.15) is 0 Å². The molecule has 24 heavy (non-hydrogen) atoms. The quantitative estimate of drug-likeness (QED) is 0.729. The molecule has 0 aliphatic carbocycles. The van der Waals surface area contributed by atoms with E-state index in [2.05, 4.69) is 5.32 Å². The van der Waals surface area contributed by atoms with E-state index < -0.39 is 5.91 Å². The molecule has 5 heteroatoms. The van der Waals surface area contributed by atoms with Gasteiger partial charge in [0.1, 0.15) is 0 Å². The number of carbonyl (C=O) groups is 2. The van der Waals surface area contributed by atoms with Crippen molar-refractivity contribution in [2.45, 2.75) is 0 Å². The van der Waals surface area contributed by atoms with Crippen LogP contribution in [-0.2, 0) is 16.6 Å². The fraction of sp³-hybridized carbons (Fsp3) is 0.0526. The number of aromatic nitrogens is 1. The molecule has 2 heterocycles. The van der Waals surface area contributed by atoms with Gasteiger partial charge in [0.15, 0.2) is 0 Å². The summed E-state index contributed by atoms with van der Waals surface area (Å²) in [4.78, 5) is 24.9. The molecule has 0 unspecified atom stereocenters. The first-order valence-electron chi connectivity index (χ1n) is 7.46. The van der Waals surface area contributed by atoms with Crippen molar-refractivity contribution < 1.29 is 9.59 Å². The summed E-state index contributed by atoms with van der Waals surface area (Å²) in [6.45, 7) is 0. The summed E-state index contributed by atoms with van der Waals surface area (Å²) in [5.74, 6) is -0.781. The van der Waals surface area contributed by atoms with Crippen LogP contribution in [0.1, 0.15) is 11.1 Å². The standard InChI is InChI=1S/C19H13ClN2O2/c1-22-10-14(13-7-2-3-8-15(13)22)17-16(18(23)21-19(17)24)11-5-4-6-12(20)9-11/h2-10H,1H3,(H,21,23,24). The third-order valence-electron chi connectivity index (χ3n) is 4.21. The molecule has 0 atom stereocenters. The van der Waals surface area contributed by atoms with Crippen LogP contribution in [-0.4, -0.2) is 16.4 Å². The van der Waals surface area contributed by atoms with Crippen molar-refractivity contribution >= 4 is 45.5 Å².